The van der Waals surface area contributed by atoms with E-state index < -0.39 is 16.0 Å². The summed E-state index contributed by atoms with van der Waals surface area (Å²) < 4.78 is 33.5. The van der Waals surface area contributed by atoms with Gasteiger partial charge in [-0.05, 0) is 55.0 Å². The molecule has 2 aromatic rings. The first kappa shape index (κ1) is 20.5. The zero-order valence-electron chi connectivity index (χ0n) is 16.1. The quantitative estimate of drug-likeness (QED) is 0.753. The van der Waals surface area contributed by atoms with E-state index in [4.69, 9.17) is 0 Å². The van der Waals surface area contributed by atoms with Crippen LogP contribution in [0.2, 0.25) is 0 Å². The van der Waals surface area contributed by atoms with E-state index in [-0.39, 0.29) is 10.8 Å². The molecule has 0 spiro atoms. The first-order valence-corrected chi connectivity index (χ1v) is 10.4. The number of nitrogens with one attached hydrogen (secondary N) is 1. The van der Waals surface area contributed by atoms with Crippen molar-refractivity contribution in [2.75, 3.05) is 26.0 Å². The third-order valence-electron chi connectivity index (χ3n) is 4.54. The number of rotatable bonds is 5. The molecule has 3 rings (SSSR count). The van der Waals surface area contributed by atoms with Crippen LogP contribution in [0.4, 0.5) is 5.69 Å². The molecule has 0 radical (unpaired) electrons. The van der Waals surface area contributed by atoms with Crippen molar-refractivity contribution < 1.29 is 22.7 Å². The van der Waals surface area contributed by atoms with Crippen molar-refractivity contribution in [2.45, 2.75) is 17.7 Å². The molecule has 0 unspecified atom stereocenters. The number of ether oxygens (including phenoxy) is 1. The van der Waals surface area contributed by atoms with Gasteiger partial charge < -0.3 is 15.0 Å². The molecule has 0 aromatic heterocycles. The molecule has 0 atom stereocenters. The van der Waals surface area contributed by atoms with Gasteiger partial charge in [0.15, 0.2) is 0 Å². The Labute approximate surface area is 169 Å². The number of methoxy groups -OCH3 is 1. The first-order valence-electron chi connectivity index (χ1n) is 8.95. The first-order chi connectivity index (χ1) is 13.8. The summed E-state index contributed by atoms with van der Waals surface area (Å²) in [6.45, 7) is 0.792. The second-order valence-corrected chi connectivity index (χ2v) is 8.16. The van der Waals surface area contributed by atoms with Crippen LogP contribution in [0.3, 0.4) is 0 Å². The molecule has 8 nitrogen and oxygen atoms in total. The predicted octanol–water partition coefficient (Wildman–Crippen LogP) is 2.54. The number of sulfonamides is 1. The molecule has 1 fully saturated rings. The molecule has 1 aliphatic rings. The maximum absolute atomic E-state index is 12.5. The number of amides is 1. The van der Waals surface area contributed by atoms with Gasteiger partial charge in [-0.25, -0.2) is 4.79 Å². The fourth-order valence-electron chi connectivity index (χ4n) is 2.89. The van der Waals surface area contributed by atoms with Gasteiger partial charge in [0.05, 0.1) is 17.6 Å². The highest BCUT2D eigenvalue weighted by molar-refractivity contribution is 7.90. The number of esters is 1. The summed E-state index contributed by atoms with van der Waals surface area (Å²) in [6, 6.07) is 11.8. The van der Waals surface area contributed by atoms with Gasteiger partial charge in [0.25, 0.3) is 15.9 Å². The van der Waals surface area contributed by atoms with Gasteiger partial charge in [-0.3, -0.25) is 4.79 Å². The Kier molecular flexibility index (Phi) is 5.97. The van der Waals surface area contributed by atoms with Gasteiger partial charge in [0, 0.05) is 31.3 Å². The topological polar surface area (TPSA) is 105 Å². The monoisotopic (exact) mass is 415 g/mol. The number of carbonyl (C=O) groups is 2. The Morgan fingerprint density at radius 1 is 1.03 bits per heavy atom. The minimum absolute atomic E-state index is 0.0609. The van der Waals surface area contributed by atoms with Crippen LogP contribution < -0.4 is 5.32 Å². The van der Waals surface area contributed by atoms with E-state index in [0.29, 0.717) is 29.1 Å². The van der Waals surface area contributed by atoms with Crippen molar-refractivity contribution in [3.05, 3.63) is 59.7 Å². The standard InChI is InChI=1S/C20H21N3O5S/c1-23-13-3-4-18(23)22-29(26,27)17-11-9-16(10-12-17)21-19(24)14-5-7-15(8-6-14)20(25)28-2/h5-12H,3-4,13H2,1-2H3,(H,21,24)/b22-18-. The van der Waals surface area contributed by atoms with Crippen LogP contribution in [-0.4, -0.2) is 51.7 Å². The minimum atomic E-state index is -3.80. The largest absolute Gasteiger partial charge is 0.465 e. The molecule has 1 N–H and O–H groups in total. The van der Waals surface area contributed by atoms with Gasteiger partial charge >= 0.3 is 5.97 Å². The summed E-state index contributed by atoms with van der Waals surface area (Å²) in [4.78, 5) is 25.7. The van der Waals surface area contributed by atoms with Crippen molar-refractivity contribution in [1.82, 2.24) is 4.90 Å². The summed E-state index contributed by atoms with van der Waals surface area (Å²) in [5.41, 5.74) is 1.13. The van der Waals surface area contributed by atoms with Crippen molar-refractivity contribution >= 4 is 33.4 Å². The van der Waals surface area contributed by atoms with Crippen LogP contribution in [0.15, 0.2) is 57.8 Å². The number of hydrogen-bond donors (Lipinski definition) is 1. The molecule has 152 valence electrons. The number of benzene rings is 2. The molecule has 1 heterocycles. The molecule has 1 aliphatic heterocycles. The average Bonchev–Trinajstić information content (AvgIpc) is 3.11. The number of anilines is 1. The molecule has 2 aromatic carbocycles. The molecule has 1 saturated heterocycles. The third kappa shape index (κ3) is 4.80. The molecule has 0 aliphatic carbocycles. The van der Waals surface area contributed by atoms with Crippen LogP contribution in [0.5, 0.6) is 0 Å². The van der Waals surface area contributed by atoms with Crippen molar-refractivity contribution in [3.8, 4) is 0 Å². The van der Waals surface area contributed by atoms with Gasteiger partial charge in [-0.15, -0.1) is 4.40 Å². The maximum atomic E-state index is 12.5. The smallest absolute Gasteiger partial charge is 0.337 e. The lowest BCUT2D eigenvalue weighted by molar-refractivity contribution is 0.0600. The highest BCUT2D eigenvalue weighted by Gasteiger charge is 2.20. The van der Waals surface area contributed by atoms with Crippen LogP contribution in [-0.2, 0) is 14.8 Å². The highest BCUT2D eigenvalue weighted by Crippen LogP contribution is 2.19. The van der Waals surface area contributed by atoms with Crippen LogP contribution in [0.25, 0.3) is 0 Å². The molecule has 29 heavy (non-hydrogen) atoms. The number of likely N-dealkylation sites (tertiary alicyclic amines) is 1. The summed E-state index contributed by atoms with van der Waals surface area (Å²) in [6.07, 6.45) is 1.52. The zero-order valence-corrected chi connectivity index (χ0v) is 16.9. The number of carbonyl (C=O) groups excluding carboxylic acids is 2. The lowest BCUT2D eigenvalue weighted by atomic mass is 10.1. The van der Waals surface area contributed by atoms with E-state index in [1.807, 2.05) is 11.9 Å². The van der Waals surface area contributed by atoms with Crippen molar-refractivity contribution in [2.24, 2.45) is 4.40 Å². The van der Waals surface area contributed by atoms with Crippen LogP contribution in [0, 0.1) is 0 Å². The lowest BCUT2D eigenvalue weighted by Gasteiger charge is -2.11. The van der Waals surface area contributed by atoms with Crippen molar-refractivity contribution in [3.63, 3.8) is 0 Å². The fraction of sp³-hybridized carbons (Fsp3) is 0.250. The zero-order chi connectivity index (χ0) is 21.0. The Hall–Kier alpha value is -3.20. The van der Waals surface area contributed by atoms with Gasteiger partial charge in [-0.1, -0.05) is 0 Å². The lowest BCUT2D eigenvalue weighted by Crippen LogP contribution is -2.20. The predicted molar refractivity (Wildman–Crippen MR) is 109 cm³/mol. The molecule has 1 amide bonds. The summed E-state index contributed by atoms with van der Waals surface area (Å²) in [5.74, 6) is -0.316. The number of nitrogens with zero attached hydrogens (tertiary/aromatic N) is 2. The Bertz CT molecular complexity index is 1040. The van der Waals surface area contributed by atoms with E-state index in [1.54, 1.807) is 0 Å². The van der Waals surface area contributed by atoms with E-state index in [0.717, 1.165) is 13.0 Å². The normalized spacial score (nSPS) is 15.4. The maximum Gasteiger partial charge on any atom is 0.337 e. The van der Waals surface area contributed by atoms with Gasteiger partial charge in [0.1, 0.15) is 5.84 Å². The second kappa shape index (κ2) is 8.44. The Morgan fingerprint density at radius 3 is 2.21 bits per heavy atom. The summed E-state index contributed by atoms with van der Waals surface area (Å²) in [7, 11) is -0.700. The molecular weight excluding hydrogens is 394 g/mol. The van der Waals surface area contributed by atoms with E-state index in [2.05, 4.69) is 14.5 Å². The van der Waals surface area contributed by atoms with E-state index >= 15 is 0 Å². The third-order valence-corrected chi connectivity index (χ3v) is 5.86. The van der Waals surface area contributed by atoms with Gasteiger partial charge in [-0.2, -0.15) is 8.42 Å². The van der Waals surface area contributed by atoms with E-state index in [9.17, 15) is 18.0 Å². The summed E-state index contributed by atoms with van der Waals surface area (Å²) >= 11 is 0. The molecule has 0 bridgehead atoms. The average molecular weight is 415 g/mol. The molecule has 9 heteroatoms. The fourth-order valence-corrected chi connectivity index (χ4v) is 3.98. The second-order valence-electron chi connectivity index (χ2n) is 6.56. The van der Waals surface area contributed by atoms with E-state index in [1.165, 1.54) is 55.6 Å². The molecule has 0 saturated carbocycles. The molecular formula is C20H21N3O5S. The number of amidine groups is 1. The van der Waals surface area contributed by atoms with Crippen molar-refractivity contribution in [1.29, 1.82) is 0 Å². The SMILES string of the molecule is COC(=O)c1ccc(C(=O)Nc2ccc(S(=O)(=O)/N=C3/CCCN3C)cc2)cc1. The Balaban J connectivity index is 1.70. The highest BCUT2D eigenvalue weighted by atomic mass is 32.2. The van der Waals surface area contributed by atoms with Crippen LogP contribution >= 0.6 is 0 Å². The summed E-state index contributed by atoms with van der Waals surface area (Å²) in [5, 5.41) is 2.69. The number of hydrogen-bond acceptors (Lipinski definition) is 5. The minimum Gasteiger partial charge on any atom is -0.465 e. The van der Waals surface area contributed by atoms with Gasteiger partial charge in [0.2, 0.25) is 0 Å². The van der Waals surface area contributed by atoms with Crippen LogP contribution in [0.1, 0.15) is 33.6 Å². The Morgan fingerprint density at radius 2 is 1.66 bits per heavy atom.